The Morgan fingerprint density at radius 2 is 1.79 bits per heavy atom. The molecule has 0 atom stereocenters. The number of hydrazone groups is 1. The van der Waals surface area contributed by atoms with Gasteiger partial charge in [0.25, 0.3) is 5.91 Å². The van der Waals surface area contributed by atoms with Crippen molar-refractivity contribution in [3.05, 3.63) is 83.9 Å². The average molecular weight is 323 g/mol. The van der Waals surface area contributed by atoms with Crippen molar-refractivity contribution in [1.82, 2.24) is 9.99 Å². The Balaban J connectivity index is 1.71. The number of hydrogen-bond acceptors (Lipinski definition) is 3. The summed E-state index contributed by atoms with van der Waals surface area (Å²) in [6.07, 6.45) is 3.35. The number of carbonyl (C=O) groups excluding carboxylic acids is 1. The van der Waals surface area contributed by atoms with E-state index in [0.717, 1.165) is 11.4 Å². The molecule has 24 heavy (non-hydrogen) atoms. The lowest BCUT2D eigenvalue weighted by Crippen LogP contribution is -2.17. The second-order valence-corrected chi connectivity index (χ2v) is 5.03. The zero-order valence-corrected chi connectivity index (χ0v) is 12.6. The van der Waals surface area contributed by atoms with Crippen LogP contribution in [0.4, 0.5) is 4.39 Å². The van der Waals surface area contributed by atoms with Crippen LogP contribution in [-0.2, 0) is 0 Å². The lowest BCUT2D eigenvalue weighted by molar-refractivity contribution is 0.0955. The van der Waals surface area contributed by atoms with Gasteiger partial charge in [0, 0.05) is 17.4 Å². The molecular weight excluding hydrogens is 309 g/mol. The van der Waals surface area contributed by atoms with Gasteiger partial charge in [0.15, 0.2) is 0 Å². The van der Waals surface area contributed by atoms with Crippen LogP contribution in [-0.4, -0.2) is 21.8 Å². The quantitative estimate of drug-likeness (QED) is 0.572. The maximum Gasteiger partial charge on any atom is 0.271 e. The number of phenolic OH excluding ortho intramolecular Hbond substituents is 1. The molecule has 6 heteroatoms. The van der Waals surface area contributed by atoms with Gasteiger partial charge in [-0.25, -0.2) is 9.82 Å². The summed E-state index contributed by atoms with van der Waals surface area (Å²) in [5, 5.41) is 13.3. The van der Waals surface area contributed by atoms with E-state index in [0.29, 0.717) is 5.56 Å². The first-order valence-corrected chi connectivity index (χ1v) is 7.19. The van der Waals surface area contributed by atoms with Crippen molar-refractivity contribution >= 4 is 12.1 Å². The van der Waals surface area contributed by atoms with Gasteiger partial charge in [-0.3, -0.25) is 4.79 Å². The number of phenols is 1. The van der Waals surface area contributed by atoms with Crippen LogP contribution >= 0.6 is 0 Å². The average Bonchev–Trinajstić information content (AvgIpc) is 3.04. The van der Waals surface area contributed by atoms with Crippen molar-refractivity contribution in [3.63, 3.8) is 0 Å². The molecule has 120 valence electrons. The lowest BCUT2D eigenvalue weighted by atomic mass is 10.2. The Labute approximate surface area is 137 Å². The first kappa shape index (κ1) is 15.5. The standard InChI is InChI=1S/C18H14FN3O2/c19-14-5-3-13(4-6-14)18(24)21-20-12-16-2-1-11-22(16)15-7-9-17(23)10-8-15/h1-12,23H,(H,21,24)/b20-12-. The van der Waals surface area contributed by atoms with E-state index in [1.807, 2.05) is 22.9 Å². The first-order valence-electron chi connectivity index (χ1n) is 7.19. The van der Waals surface area contributed by atoms with Gasteiger partial charge in [0.05, 0.1) is 11.9 Å². The number of aromatic nitrogens is 1. The number of benzene rings is 2. The molecule has 0 saturated heterocycles. The van der Waals surface area contributed by atoms with Crippen LogP contribution in [0, 0.1) is 5.82 Å². The van der Waals surface area contributed by atoms with Crippen LogP contribution in [0.2, 0.25) is 0 Å². The minimum atomic E-state index is -0.422. The van der Waals surface area contributed by atoms with Crippen LogP contribution in [0.15, 0.2) is 72.0 Å². The molecule has 5 nitrogen and oxygen atoms in total. The topological polar surface area (TPSA) is 66.6 Å². The summed E-state index contributed by atoms with van der Waals surface area (Å²) in [5.74, 6) is -0.636. The second kappa shape index (κ2) is 6.78. The van der Waals surface area contributed by atoms with E-state index in [1.165, 1.54) is 30.5 Å². The van der Waals surface area contributed by atoms with Gasteiger partial charge in [-0.05, 0) is 60.7 Å². The molecule has 1 amide bonds. The summed E-state index contributed by atoms with van der Waals surface area (Å²) in [4.78, 5) is 11.9. The fraction of sp³-hybridized carbons (Fsp3) is 0. The zero-order chi connectivity index (χ0) is 16.9. The molecule has 3 rings (SSSR count). The number of nitrogens with one attached hydrogen (secondary N) is 1. The van der Waals surface area contributed by atoms with Crippen LogP contribution < -0.4 is 5.43 Å². The van der Waals surface area contributed by atoms with E-state index in [9.17, 15) is 14.3 Å². The van der Waals surface area contributed by atoms with E-state index >= 15 is 0 Å². The van der Waals surface area contributed by atoms with Crippen molar-refractivity contribution in [2.45, 2.75) is 0 Å². The van der Waals surface area contributed by atoms with Crippen molar-refractivity contribution in [3.8, 4) is 11.4 Å². The first-order chi connectivity index (χ1) is 11.6. The fourth-order valence-corrected chi connectivity index (χ4v) is 2.17. The van der Waals surface area contributed by atoms with Crippen LogP contribution in [0.1, 0.15) is 16.1 Å². The summed E-state index contributed by atoms with van der Waals surface area (Å²) in [6.45, 7) is 0. The van der Waals surface area contributed by atoms with E-state index in [4.69, 9.17) is 0 Å². The van der Waals surface area contributed by atoms with E-state index in [-0.39, 0.29) is 5.75 Å². The van der Waals surface area contributed by atoms with Gasteiger partial charge in [-0.2, -0.15) is 5.10 Å². The van der Waals surface area contributed by atoms with E-state index in [2.05, 4.69) is 10.5 Å². The third-order valence-electron chi connectivity index (χ3n) is 3.38. The molecule has 0 bridgehead atoms. The minimum absolute atomic E-state index is 0.188. The van der Waals surface area contributed by atoms with Gasteiger partial charge in [0.2, 0.25) is 0 Å². The monoisotopic (exact) mass is 323 g/mol. The normalized spacial score (nSPS) is 10.9. The highest BCUT2D eigenvalue weighted by molar-refractivity contribution is 5.94. The molecule has 0 fully saturated rings. The lowest BCUT2D eigenvalue weighted by Gasteiger charge is -2.06. The maximum atomic E-state index is 12.8. The number of halogens is 1. The summed E-state index contributed by atoms with van der Waals surface area (Å²) >= 11 is 0. The van der Waals surface area contributed by atoms with Crippen LogP contribution in [0.3, 0.4) is 0 Å². The second-order valence-electron chi connectivity index (χ2n) is 5.03. The Morgan fingerprint density at radius 3 is 2.50 bits per heavy atom. The molecule has 1 heterocycles. The highest BCUT2D eigenvalue weighted by Gasteiger charge is 2.04. The van der Waals surface area contributed by atoms with Crippen LogP contribution in [0.5, 0.6) is 5.75 Å². The highest BCUT2D eigenvalue weighted by Crippen LogP contribution is 2.15. The molecule has 0 spiro atoms. The Bertz CT molecular complexity index is 868. The molecule has 0 aliphatic heterocycles. The molecule has 0 radical (unpaired) electrons. The molecule has 2 N–H and O–H groups in total. The molecule has 0 saturated carbocycles. The van der Waals surface area contributed by atoms with Crippen molar-refractivity contribution in [2.24, 2.45) is 5.10 Å². The number of amides is 1. The smallest absolute Gasteiger partial charge is 0.271 e. The predicted molar refractivity (Wildman–Crippen MR) is 88.9 cm³/mol. The third-order valence-corrected chi connectivity index (χ3v) is 3.38. The van der Waals surface area contributed by atoms with Gasteiger partial charge >= 0.3 is 0 Å². The largest absolute Gasteiger partial charge is 0.508 e. The van der Waals surface area contributed by atoms with Gasteiger partial charge in [0.1, 0.15) is 11.6 Å². The third kappa shape index (κ3) is 3.49. The number of aromatic hydroxyl groups is 1. The minimum Gasteiger partial charge on any atom is -0.508 e. The van der Waals surface area contributed by atoms with Crippen molar-refractivity contribution in [1.29, 1.82) is 0 Å². The van der Waals surface area contributed by atoms with Crippen molar-refractivity contribution < 1.29 is 14.3 Å². The van der Waals surface area contributed by atoms with Gasteiger partial charge in [-0.15, -0.1) is 0 Å². The number of nitrogens with zero attached hydrogens (tertiary/aromatic N) is 2. The van der Waals surface area contributed by atoms with E-state index < -0.39 is 11.7 Å². The number of hydrogen-bond donors (Lipinski definition) is 2. The molecule has 1 aromatic heterocycles. The zero-order valence-electron chi connectivity index (χ0n) is 12.6. The predicted octanol–water partition coefficient (Wildman–Crippen LogP) is 3.09. The molecule has 0 unspecified atom stereocenters. The molecule has 2 aromatic carbocycles. The fourth-order valence-electron chi connectivity index (χ4n) is 2.17. The molecule has 0 aliphatic rings. The number of rotatable bonds is 4. The van der Waals surface area contributed by atoms with Crippen molar-refractivity contribution in [2.75, 3.05) is 0 Å². The Kier molecular flexibility index (Phi) is 4.38. The summed E-state index contributed by atoms with van der Waals surface area (Å²) in [7, 11) is 0. The summed E-state index contributed by atoms with van der Waals surface area (Å²) in [6, 6.07) is 15.6. The van der Waals surface area contributed by atoms with Crippen LogP contribution in [0.25, 0.3) is 5.69 Å². The SMILES string of the molecule is O=C(N/N=C\c1cccn1-c1ccc(O)cc1)c1ccc(F)cc1. The van der Waals surface area contributed by atoms with E-state index in [1.54, 1.807) is 24.3 Å². The maximum absolute atomic E-state index is 12.8. The Morgan fingerprint density at radius 1 is 1.08 bits per heavy atom. The van der Waals surface area contributed by atoms with Gasteiger partial charge < -0.3 is 9.67 Å². The molecule has 3 aromatic rings. The molecule has 0 aliphatic carbocycles. The number of carbonyl (C=O) groups is 1. The highest BCUT2D eigenvalue weighted by atomic mass is 19.1. The summed E-state index contributed by atoms with van der Waals surface area (Å²) < 4.78 is 14.7. The summed E-state index contributed by atoms with van der Waals surface area (Å²) in [5.41, 5.74) is 4.32. The Hall–Kier alpha value is -3.41. The van der Waals surface area contributed by atoms with Gasteiger partial charge in [-0.1, -0.05) is 0 Å². The molecular formula is C18H14FN3O2.